The van der Waals surface area contributed by atoms with Crippen LogP contribution in [-0.4, -0.2) is 62.7 Å². The van der Waals surface area contributed by atoms with E-state index in [-0.39, 0.29) is 0 Å². The van der Waals surface area contributed by atoms with Crippen molar-refractivity contribution in [2.75, 3.05) is 23.8 Å². The molecule has 14 heteroatoms. The predicted octanol–water partition coefficient (Wildman–Crippen LogP) is 10.1. The van der Waals surface area contributed by atoms with Gasteiger partial charge in [0.1, 0.15) is 60.4 Å². The van der Waals surface area contributed by atoms with E-state index < -0.39 is 0 Å². The number of aryl methyl sites for hydroxylation is 4. The monoisotopic (exact) mass is 900 g/mol. The first-order chi connectivity index (χ1) is 33.5. The van der Waals surface area contributed by atoms with E-state index in [1.807, 2.05) is 50.2 Å². The van der Waals surface area contributed by atoms with Crippen molar-refractivity contribution in [1.82, 2.24) is 49.5 Å². The van der Waals surface area contributed by atoms with E-state index in [0.717, 1.165) is 108 Å². The van der Waals surface area contributed by atoms with E-state index in [1.165, 1.54) is 22.3 Å². The summed E-state index contributed by atoms with van der Waals surface area (Å²) in [5, 5.41) is 15.8. The number of fused-ring (bicyclic) bond motifs is 12. The van der Waals surface area contributed by atoms with Crippen LogP contribution in [0.1, 0.15) is 94.2 Å². The largest absolute Gasteiger partial charge is 0.487 e. The number of aromatic nitrogens is 10. The Bertz CT molecular complexity index is 2930. The Labute approximate surface area is 395 Å². The molecule has 2 aliphatic carbocycles. The molecule has 0 saturated heterocycles. The van der Waals surface area contributed by atoms with Crippen LogP contribution < -0.4 is 20.1 Å². The quantitative estimate of drug-likeness (QED) is 0.162. The summed E-state index contributed by atoms with van der Waals surface area (Å²) >= 11 is 0. The molecule has 340 valence electrons. The molecule has 0 radical (unpaired) electrons. The summed E-state index contributed by atoms with van der Waals surface area (Å²) in [7, 11) is 0. The number of hydrogen-bond donors (Lipinski definition) is 2. The fourth-order valence-electron chi connectivity index (χ4n) is 9.68. The molecule has 0 fully saturated rings. The maximum Gasteiger partial charge on any atom is 0.227 e. The highest BCUT2D eigenvalue weighted by Crippen LogP contribution is 2.41. The second-order valence-electron chi connectivity index (χ2n) is 17.4. The minimum atomic E-state index is 0.307. The highest BCUT2D eigenvalue weighted by Gasteiger charge is 2.31. The Balaban J connectivity index is 0.000000149. The van der Waals surface area contributed by atoms with Crippen molar-refractivity contribution in [2.45, 2.75) is 77.0 Å². The predicted molar refractivity (Wildman–Crippen MR) is 262 cm³/mol. The molecule has 4 aromatic heterocycles. The van der Waals surface area contributed by atoms with E-state index in [1.54, 1.807) is 22.0 Å². The summed E-state index contributed by atoms with van der Waals surface area (Å²) in [4.78, 5) is 28.4. The van der Waals surface area contributed by atoms with Crippen LogP contribution in [0.15, 0.2) is 134 Å². The molecule has 8 aromatic rings. The van der Waals surface area contributed by atoms with Gasteiger partial charge in [-0.3, -0.25) is 0 Å². The number of nitrogens with one attached hydrogen (secondary N) is 2. The lowest BCUT2D eigenvalue weighted by Crippen LogP contribution is -2.08. The van der Waals surface area contributed by atoms with Crippen LogP contribution >= 0.6 is 0 Å². The van der Waals surface area contributed by atoms with E-state index in [4.69, 9.17) is 29.4 Å². The molecule has 0 saturated carbocycles. The van der Waals surface area contributed by atoms with Crippen LogP contribution in [-0.2, 0) is 25.7 Å². The van der Waals surface area contributed by atoms with Gasteiger partial charge < -0.3 is 20.1 Å². The summed E-state index contributed by atoms with van der Waals surface area (Å²) in [6, 6.07) is 33.3. The van der Waals surface area contributed by atoms with E-state index in [9.17, 15) is 0 Å². The Morgan fingerprint density at radius 3 is 1.40 bits per heavy atom. The summed E-state index contributed by atoms with van der Waals surface area (Å²) in [6.45, 7) is 4.72. The summed E-state index contributed by atoms with van der Waals surface area (Å²) in [5.74, 6) is 4.76. The van der Waals surface area contributed by atoms with Gasteiger partial charge in [0.2, 0.25) is 11.9 Å². The average Bonchev–Trinajstić information content (AvgIpc) is 4.19. The lowest BCUT2D eigenvalue weighted by Gasteiger charge is -2.16. The van der Waals surface area contributed by atoms with Crippen LogP contribution in [0.3, 0.4) is 0 Å². The first-order valence-electron chi connectivity index (χ1n) is 23.5. The summed E-state index contributed by atoms with van der Waals surface area (Å²) in [6.07, 6.45) is 19.7. The van der Waals surface area contributed by atoms with Crippen LogP contribution in [0.4, 0.5) is 23.3 Å². The second-order valence-corrected chi connectivity index (χ2v) is 17.4. The number of benzene rings is 4. The fourth-order valence-corrected chi connectivity index (χ4v) is 9.68. The van der Waals surface area contributed by atoms with Crippen molar-refractivity contribution in [3.05, 3.63) is 191 Å². The van der Waals surface area contributed by atoms with Crippen molar-refractivity contribution in [1.29, 1.82) is 0 Å². The SMILES string of the molecule is Cc1ncn(-c2ccc3cc2OC/C=C/CCc2nc(nc4c2CCC4c2ccccc2)N3)n1.Cc1ncn(-c2ccc3cc2OC/C=C\CCc2nc(nc4c2CCC4c2ccccc2)N3)n1. The lowest BCUT2D eigenvalue weighted by molar-refractivity contribution is 0.360. The molecule has 2 atom stereocenters. The Hall–Kier alpha value is -8.00. The molecule has 2 aliphatic heterocycles. The van der Waals surface area contributed by atoms with Gasteiger partial charge in [-0.05, 0) is 112 Å². The zero-order valence-corrected chi connectivity index (χ0v) is 38.2. The van der Waals surface area contributed by atoms with Crippen molar-refractivity contribution >= 4 is 23.3 Å². The molecule has 8 bridgehead atoms. The highest BCUT2D eigenvalue weighted by atomic mass is 16.5. The van der Waals surface area contributed by atoms with Gasteiger partial charge in [-0.15, -0.1) is 0 Å². The third-order valence-electron chi connectivity index (χ3n) is 12.9. The number of nitrogens with zero attached hydrogens (tertiary/aromatic N) is 10. The molecule has 4 aliphatic rings. The molecule has 4 aromatic carbocycles. The molecule has 2 N–H and O–H groups in total. The molecule has 68 heavy (non-hydrogen) atoms. The second kappa shape index (κ2) is 19.1. The lowest BCUT2D eigenvalue weighted by atomic mass is 9.96. The van der Waals surface area contributed by atoms with Crippen LogP contribution in [0.25, 0.3) is 11.4 Å². The third kappa shape index (κ3) is 9.09. The average molecular weight is 901 g/mol. The van der Waals surface area contributed by atoms with Gasteiger partial charge in [0, 0.05) is 46.7 Å². The molecular formula is C54H52N12O2. The third-order valence-corrected chi connectivity index (χ3v) is 12.9. The minimum absolute atomic E-state index is 0.307. The van der Waals surface area contributed by atoms with Crippen LogP contribution in [0.5, 0.6) is 11.5 Å². The first-order valence-corrected chi connectivity index (χ1v) is 23.5. The Morgan fingerprint density at radius 1 is 0.515 bits per heavy atom. The van der Waals surface area contributed by atoms with Crippen molar-refractivity contribution in [2.24, 2.45) is 0 Å². The van der Waals surface area contributed by atoms with Gasteiger partial charge >= 0.3 is 0 Å². The normalized spacial score (nSPS) is 18.0. The van der Waals surface area contributed by atoms with Crippen LogP contribution in [0, 0.1) is 13.8 Å². The fraction of sp³-hybridized carbons (Fsp3) is 0.259. The van der Waals surface area contributed by atoms with E-state index in [0.29, 0.717) is 48.6 Å². The Kier molecular flexibility index (Phi) is 12.0. The Morgan fingerprint density at radius 2 is 0.971 bits per heavy atom. The van der Waals surface area contributed by atoms with Gasteiger partial charge in [0.15, 0.2) is 0 Å². The smallest absolute Gasteiger partial charge is 0.227 e. The summed E-state index contributed by atoms with van der Waals surface area (Å²) in [5.41, 5.74) is 13.3. The molecular weight excluding hydrogens is 849 g/mol. The van der Waals surface area contributed by atoms with Gasteiger partial charge in [0.25, 0.3) is 0 Å². The van der Waals surface area contributed by atoms with Crippen molar-refractivity contribution in [3.63, 3.8) is 0 Å². The summed E-state index contributed by atoms with van der Waals surface area (Å²) < 4.78 is 15.7. The standard InChI is InChI=1S/2C27H26N6O/c2*1-18-28-17-33(32-18)24-14-11-20-16-25(24)34-15-7-3-6-10-23-22-13-12-21(19-8-4-2-5-9-19)26(22)31-27(29-20)30-23/h2*2-5,7-9,11,14,16-17,21H,6,10,12-13,15H2,1H3,(H,29,30,31)/b7-3+;7-3-. The number of rotatable bonds is 4. The topological polar surface area (TPSA) is 156 Å². The zero-order valence-electron chi connectivity index (χ0n) is 38.2. The maximum atomic E-state index is 6.11. The molecule has 12 rings (SSSR count). The zero-order chi connectivity index (χ0) is 45.8. The number of allylic oxidation sites excluding steroid dienone is 2. The maximum absolute atomic E-state index is 6.11. The first kappa shape index (κ1) is 42.6. The van der Waals surface area contributed by atoms with Gasteiger partial charge in [-0.2, -0.15) is 10.2 Å². The molecule has 2 unspecified atom stereocenters. The number of anilines is 4. The van der Waals surface area contributed by atoms with E-state index >= 15 is 0 Å². The number of hydrogen-bond acceptors (Lipinski definition) is 12. The van der Waals surface area contributed by atoms with Gasteiger partial charge in [-0.25, -0.2) is 39.3 Å². The highest BCUT2D eigenvalue weighted by molar-refractivity contribution is 5.64. The minimum Gasteiger partial charge on any atom is -0.487 e. The molecule has 14 nitrogen and oxygen atoms in total. The molecule has 0 spiro atoms. The van der Waals surface area contributed by atoms with Gasteiger partial charge in [-0.1, -0.05) is 85.0 Å². The number of ether oxygens (including phenoxy) is 2. The molecule has 0 amide bonds. The van der Waals surface area contributed by atoms with Crippen LogP contribution in [0.2, 0.25) is 0 Å². The molecule has 6 heterocycles. The van der Waals surface area contributed by atoms with Crippen molar-refractivity contribution < 1.29 is 9.47 Å². The van der Waals surface area contributed by atoms with Crippen molar-refractivity contribution in [3.8, 4) is 22.9 Å². The van der Waals surface area contributed by atoms with E-state index in [2.05, 4.69) is 116 Å². The van der Waals surface area contributed by atoms with Gasteiger partial charge in [0.05, 0.1) is 11.4 Å².